The van der Waals surface area contributed by atoms with Crippen LogP contribution in [0.1, 0.15) is 42.7 Å². The summed E-state index contributed by atoms with van der Waals surface area (Å²) in [4.78, 5) is 37.1. The highest BCUT2D eigenvalue weighted by Gasteiger charge is 2.38. The van der Waals surface area contributed by atoms with Crippen LogP contribution in [0, 0.1) is 5.82 Å². The van der Waals surface area contributed by atoms with Gasteiger partial charge in [0.2, 0.25) is 5.78 Å². The van der Waals surface area contributed by atoms with E-state index in [2.05, 4.69) is 27.1 Å². The molecule has 43 heavy (non-hydrogen) atoms. The molecule has 5 heterocycles. The molecule has 2 N–H and O–H groups in total. The standard InChI is InChI=1S/C33H35FN6O3/c1-37-15-22(16-37)20-7-8-31(35-14-20)36-27-11-21(17-38(2)33(27)43)25-12-23(34)13-29(26(25)19-41)39-9-10-40-28-6-4-3-5-24(28)32(42)30(40)18-39/h7-8,11-14,17-18,22,41H,3-6,9-10,15-16,19H2,1-2H3,(H,35,36). The first-order valence-corrected chi connectivity index (χ1v) is 14.9. The lowest BCUT2D eigenvalue weighted by Crippen LogP contribution is -2.41. The van der Waals surface area contributed by atoms with Gasteiger partial charge in [0.1, 0.15) is 23.0 Å². The topological polar surface area (TPSA) is 93.9 Å². The molecule has 0 radical (unpaired) electrons. The Bertz CT molecular complexity index is 1740. The number of carbonyl (C=O) groups is 1. The quantitative estimate of drug-likeness (QED) is 0.446. The number of rotatable bonds is 6. The Labute approximate surface area is 249 Å². The van der Waals surface area contributed by atoms with Crippen molar-refractivity contribution in [2.45, 2.75) is 38.2 Å². The van der Waals surface area contributed by atoms with Gasteiger partial charge in [-0.15, -0.1) is 0 Å². The SMILES string of the molecule is CN1CC(c2ccc(Nc3cc(-c4cc(F)cc(N5C=C6C(=O)C7=C(CCCC7)N6CC5)c4CO)cn(C)c3=O)nc2)C1. The van der Waals surface area contributed by atoms with E-state index in [1.165, 1.54) is 16.7 Å². The first-order valence-electron chi connectivity index (χ1n) is 14.9. The molecule has 1 saturated heterocycles. The summed E-state index contributed by atoms with van der Waals surface area (Å²) in [7, 11) is 3.73. The monoisotopic (exact) mass is 582 g/mol. The van der Waals surface area contributed by atoms with Crippen molar-refractivity contribution < 1.29 is 14.3 Å². The highest BCUT2D eigenvalue weighted by molar-refractivity contribution is 6.11. The summed E-state index contributed by atoms with van der Waals surface area (Å²) in [5.41, 5.74) is 5.93. The van der Waals surface area contributed by atoms with Crippen LogP contribution in [0.25, 0.3) is 11.1 Å². The number of halogens is 1. The maximum absolute atomic E-state index is 15.2. The number of carbonyl (C=O) groups excluding carboxylic acids is 1. The van der Waals surface area contributed by atoms with Gasteiger partial charge in [-0.05, 0) is 68.1 Å². The number of aliphatic hydroxyl groups is 1. The molecule has 10 heteroatoms. The van der Waals surface area contributed by atoms with Crippen LogP contribution in [0.15, 0.2) is 70.7 Å². The summed E-state index contributed by atoms with van der Waals surface area (Å²) in [5, 5.41) is 13.7. The lowest BCUT2D eigenvalue weighted by molar-refractivity contribution is -0.112. The molecule has 0 spiro atoms. The molecule has 222 valence electrons. The second kappa shape index (κ2) is 10.8. The maximum atomic E-state index is 15.2. The van der Waals surface area contributed by atoms with Crippen LogP contribution in [0.2, 0.25) is 0 Å². The molecule has 4 aliphatic rings. The second-order valence-corrected chi connectivity index (χ2v) is 12.0. The van der Waals surface area contributed by atoms with Gasteiger partial charge in [-0.25, -0.2) is 9.37 Å². The van der Waals surface area contributed by atoms with Crippen molar-refractivity contribution in [2.75, 3.05) is 43.4 Å². The molecule has 9 nitrogen and oxygen atoms in total. The molecule has 7 rings (SSSR count). The molecule has 1 aliphatic carbocycles. The molecule has 0 bridgehead atoms. The van der Waals surface area contributed by atoms with Crippen LogP contribution in [0.4, 0.5) is 21.6 Å². The van der Waals surface area contributed by atoms with Crippen molar-refractivity contribution in [1.29, 1.82) is 0 Å². The third-order valence-electron chi connectivity index (χ3n) is 9.14. The average Bonchev–Trinajstić information content (AvgIpc) is 3.29. The van der Waals surface area contributed by atoms with Gasteiger partial charge in [0.05, 0.1) is 6.61 Å². The lowest BCUT2D eigenvalue weighted by Gasteiger charge is -2.36. The first kappa shape index (κ1) is 27.5. The van der Waals surface area contributed by atoms with Crippen molar-refractivity contribution in [3.63, 3.8) is 0 Å². The van der Waals surface area contributed by atoms with E-state index >= 15 is 4.39 Å². The van der Waals surface area contributed by atoms with Crippen LogP contribution in [-0.2, 0) is 18.4 Å². The van der Waals surface area contributed by atoms with Crippen molar-refractivity contribution in [1.82, 2.24) is 19.4 Å². The Morgan fingerprint density at radius 3 is 2.63 bits per heavy atom. The average molecular weight is 583 g/mol. The van der Waals surface area contributed by atoms with Crippen LogP contribution < -0.4 is 15.8 Å². The molecule has 3 aromatic rings. The predicted octanol–water partition coefficient (Wildman–Crippen LogP) is 4.23. The number of pyridine rings is 2. The third-order valence-corrected chi connectivity index (χ3v) is 9.14. The normalized spacial score (nSPS) is 18.9. The zero-order valence-electron chi connectivity index (χ0n) is 24.4. The molecular weight excluding hydrogens is 547 g/mol. The van der Waals surface area contributed by atoms with E-state index in [0.29, 0.717) is 58.6 Å². The first-order chi connectivity index (χ1) is 20.8. The minimum Gasteiger partial charge on any atom is -0.392 e. The van der Waals surface area contributed by atoms with Crippen molar-refractivity contribution >= 4 is 23.0 Å². The van der Waals surface area contributed by atoms with Gasteiger partial charge >= 0.3 is 0 Å². The third kappa shape index (κ3) is 4.84. The Hall–Kier alpha value is -4.28. The fourth-order valence-corrected chi connectivity index (χ4v) is 6.87. The minimum atomic E-state index is -0.472. The molecule has 3 aliphatic heterocycles. The number of nitrogens with one attached hydrogen (secondary N) is 1. The van der Waals surface area contributed by atoms with Gasteiger partial charge in [0.15, 0.2) is 0 Å². The fourth-order valence-electron chi connectivity index (χ4n) is 6.87. The van der Waals surface area contributed by atoms with Crippen molar-refractivity contribution in [2.24, 2.45) is 7.05 Å². The van der Waals surface area contributed by atoms with E-state index in [0.717, 1.165) is 55.6 Å². The highest BCUT2D eigenvalue weighted by Crippen LogP contribution is 2.41. The number of likely N-dealkylation sites (N-methyl/N-ethyl adjacent to an activating group) is 1. The summed E-state index contributed by atoms with van der Waals surface area (Å²) >= 11 is 0. The van der Waals surface area contributed by atoms with Gasteiger partial charge in [0.25, 0.3) is 5.56 Å². The number of likely N-dealkylation sites (tertiary alicyclic amines) is 1. The van der Waals surface area contributed by atoms with Gasteiger partial charge in [-0.1, -0.05) is 6.07 Å². The smallest absolute Gasteiger partial charge is 0.274 e. The predicted molar refractivity (Wildman–Crippen MR) is 163 cm³/mol. The number of aromatic nitrogens is 2. The van der Waals surface area contributed by atoms with E-state index in [1.54, 1.807) is 25.5 Å². The minimum absolute atomic E-state index is 0.0528. The molecular formula is C33H35FN6O3. The van der Waals surface area contributed by atoms with Gasteiger partial charge < -0.3 is 29.7 Å². The van der Waals surface area contributed by atoms with Crippen LogP contribution >= 0.6 is 0 Å². The van der Waals surface area contributed by atoms with Crippen LogP contribution in [-0.4, -0.2) is 63.5 Å². The number of allylic oxidation sites excluding steroid dienone is 2. The summed E-state index contributed by atoms with van der Waals surface area (Å²) < 4.78 is 16.7. The number of benzene rings is 1. The van der Waals surface area contributed by atoms with Crippen molar-refractivity contribution in [3.8, 4) is 11.1 Å². The fraction of sp³-hybridized carbons (Fsp3) is 0.364. The van der Waals surface area contributed by atoms with E-state index in [4.69, 9.17) is 0 Å². The summed E-state index contributed by atoms with van der Waals surface area (Å²) in [6.45, 7) is 2.82. The molecule has 0 atom stereocenters. The van der Waals surface area contributed by atoms with Gasteiger partial charge in [-0.3, -0.25) is 9.59 Å². The number of ketones is 1. The number of anilines is 3. The van der Waals surface area contributed by atoms with Gasteiger partial charge in [-0.2, -0.15) is 0 Å². The largest absolute Gasteiger partial charge is 0.392 e. The second-order valence-electron chi connectivity index (χ2n) is 12.0. The van der Waals surface area contributed by atoms with Crippen molar-refractivity contribution in [3.05, 3.63) is 93.2 Å². The maximum Gasteiger partial charge on any atom is 0.274 e. The van der Waals surface area contributed by atoms with Crippen LogP contribution in [0.3, 0.4) is 0 Å². The Kier molecular flexibility index (Phi) is 6.90. The highest BCUT2D eigenvalue weighted by atomic mass is 19.1. The summed E-state index contributed by atoms with van der Waals surface area (Å²) in [6.07, 6.45) is 9.09. The molecule has 1 aromatic carbocycles. The van der Waals surface area contributed by atoms with E-state index in [1.807, 2.05) is 23.2 Å². The Morgan fingerprint density at radius 1 is 1.07 bits per heavy atom. The zero-order valence-corrected chi connectivity index (χ0v) is 24.4. The Morgan fingerprint density at radius 2 is 1.88 bits per heavy atom. The molecule has 0 amide bonds. The Balaban J connectivity index is 1.22. The van der Waals surface area contributed by atoms with E-state index < -0.39 is 5.82 Å². The molecule has 1 fully saturated rings. The number of hydrogen-bond acceptors (Lipinski definition) is 8. The molecule has 0 saturated carbocycles. The van der Waals surface area contributed by atoms with E-state index in [-0.39, 0.29) is 17.9 Å². The number of aryl methyl sites for hydroxylation is 1. The lowest BCUT2D eigenvalue weighted by atomic mass is 9.93. The summed E-state index contributed by atoms with van der Waals surface area (Å²) in [6, 6.07) is 8.35. The van der Waals surface area contributed by atoms with E-state index in [9.17, 15) is 14.7 Å². The molecule has 2 aromatic heterocycles. The van der Waals surface area contributed by atoms with Crippen LogP contribution in [0.5, 0.6) is 0 Å². The number of fused-ring (bicyclic) bond motifs is 2. The summed E-state index contributed by atoms with van der Waals surface area (Å²) in [5.74, 6) is 0.585. The number of Topliss-reactive ketones (excluding diaryl/α,β-unsaturated/α-hetero) is 1. The number of hydrogen-bond donors (Lipinski definition) is 2. The number of nitrogens with zero attached hydrogens (tertiary/aromatic N) is 5. The number of aliphatic hydroxyl groups excluding tert-OH is 1. The zero-order chi connectivity index (χ0) is 29.8. The van der Waals surface area contributed by atoms with Gasteiger partial charge in [0, 0.05) is 85.8 Å². The molecule has 0 unspecified atom stereocenters.